The van der Waals surface area contributed by atoms with Crippen LogP contribution in [0.3, 0.4) is 0 Å². The standard InChI is InChI=1S/C17H20O3/c1-12-10-16(20-4)14(11-15(12)19-3)17(2,18)13-8-6-5-7-9-13/h5-11,18H,1-4H3. The average Bonchev–Trinajstić information content (AvgIpc) is 2.47. The first kappa shape index (κ1) is 14.4. The Bertz CT molecular complexity index is 589. The first-order valence-corrected chi connectivity index (χ1v) is 6.51. The van der Waals surface area contributed by atoms with Gasteiger partial charge in [0.15, 0.2) is 0 Å². The van der Waals surface area contributed by atoms with Crippen molar-refractivity contribution in [1.82, 2.24) is 0 Å². The van der Waals surface area contributed by atoms with Crippen molar-refractivity contribution in [2.75, 3.05) is 14.2 Å². The van der Waals surface area contributed by atoms with E-state index in [4.69, 9.17) is 9.47 Å². The van der Waals surface area contributed by atoms with E-state index in [1.54, 1.807) is 21.1 Å². The predicted octanol–water partition coefficient (Wildman–Crippen LogP) is 3.27. The normalized spacial score (nSPS) is 13.7. The van der Waals surface area contributed by atoms with Gasteiger partial charge in [0.1, 0.15) is 17.1 Å². The molecule has 2 aromatic rings. The van der Waals surface area contributed by atoms with E-state index in [0.29, 0.717) is 11.3 Å². The highest BCUT2D eigenvalue weighted by Gasteiger charge is 2.30. The maximum atomic E-state index is 10.9. The second kappa shape index (κ2) is 5.55. The molecule has 106 valence electrons. The summed E-state index contributed by atoms with van der Waals surface area (Å²) in [5.74, 6) is 1.38. The molecule has 0 fully saturated rings. The van der Waals surface area contributed by atoms with Crippen LogP contribution >= 0.6 is 0 Å². The first-order valence-electron chi connectivity index (χ1n) is 6.51. The molecule has 0 bridgehead atoms. The third-order valence-electron chi connectivity index (χ3n) is 3.58. The molecule has 0 aliphatic carbocycles. The van der Waals surface area contributed by atoms with Crippen LogP contribution in [0.5, 0.6) is 11.5 Å². The lowest BCUT2D eigenvalue weighted by atomic mass is 9.87. The van der Waals surface area contributed by atoms with Crippen LogP contribution in [0.1, 0.15) is 23.6 Å². The monoisotopic (exact) mass is 272 g/mol. The maximum absolute atomic E-state index is 10.9. The van der Waals surface area contributed by atoms with Crippen LogP contribution in [-0.4, -0.2) is 19.3 Å². The van der Waals surface area contributed by atoms with Gasteiger partial charge in [-0.05, 0) is 37.1 Å². The number of hydrogen-bond donors (Lipinski definition) is 1. The summed E-state index contributed by atoms with van der Waals surface area (Å²) in [7, 11) is 3.22. The lowest BCUT2D eigenvalue weighted by molar-refractivity contribution is 0.0986. The van der Waals surface area contributed by atoms with E-state index in [-0.39, 0.29) is 0 Å². The van der Waals surface area contributed by atoms with Crippen LogP contribution in [0, 0.1) is 6.92 Å². The molecule has 2 rings (SSSR count). The van der Waals surface area contributed by atoms with Gasteiger partial charge in [-0.15, -0.1) is 0 Å². The van der Waals surface area contributed by atoms with Crippen LogP contribution in [-0.2, 0) is 5.60 Å². The minimum atomic E-state index is -1.15. The summed E-state index contributed by atoms with van der Waals surface area (Å²) in [4.78, 5) is 0. The molecule has 1 N–H and O–H groups in total. The van der Waals surface area contributed by atoms with Gasteiger partial charge in [-0.25, -0.2) is 0 Å². The molecule has 3 heteroatoms. The van der Waals surface area contributed by atoms with Gasteiger partial charge in [-0.3, -0.25) is 0 Å². The molecular formula is C17H20O3. The van der Waals surface area contributed by atoms with E-state index in [0.717, 1.165) is 16.9 Å². The Morgan fingerprint density at radius 1 is 0.950 bits per heavy atom. The molecule has 0 saturated carbocycles. The van der Waals surface area contributed by atoms with Gasteiger partial charge >= 0.3 is 0 Å². The van der Waals surface area contributed by atoms with Crippen molar-refractivity contribution in [3.8, 4) is 11.5 Å². The Kier molecular flexibility index (Phi) is 4.00. The number of rotatable bonds is 4. The van der Waals surface area contributed by atoms with Gasteiger partial charge in [0, 0.05) is 5.56 Å². The quantitative estimate of drug-likeness (QED) is 0.928. The van der Waals surface area contributed by atoms with Crippen LogP contribution < -0.4 is 9.47 Å². The SMILES string of the molecule is COc1cc(C(C)(O)c2ccccc2)c(OC)cc1C. The van der Waals surface area contributed by atoms with Gasteiger partial charge in [-0.2, -0.15) is 0 Å². The molecule has 3 nitrogen and oxygen atoms in total. The molecule has 0 amide bonds. The Morgan fingerprint density at radius 3 is 2.10 bits per heavy atom. The molecule has 0 saturated heterocycles. The summed E-state index contributed by atoms with van der Waals surface area (Å²) < 4.78 is 10.8. The van der Waals surface area contributed by atoms with Gasteiger partial charge in [-0.1, -0.05) is 30.3 Å². The summed E-state index contributed by atoms with van der Waals surface area (Å²) in [5.41, 5.74) is 1.32. The molecule has 0 aromatic heterocycles. The van der Waals surface area contributed by atoms with Crippen molar-refractivity contribution in [1.29, 1.82) is 0 Å². The number of benzene rings is 2. The molecule has 2 aromatic carbocycles. The highest BCUT2D eigenvalue weighted by molar-refractivity contribution is 5.51. The highest BCUT2D eigenvalue weighted by atomic mass is 16.5. The number of aryl methyl sites for hydroxylation is 1. The second-order valence-electron chi connectivity index (χ2n) is 4.96. The van der Waals surface area contributed by atoms with E-state index in [1.165, 1.54) is 0 Å². The number of ether oxygens (including phenoxy) is 2. The molecule has 0 heterocycles. The molecular weight excluding hydrogens is 252 g/mol. The Hall–Kier alpha value is -2.00. The fourth-order valence-corrected chi connectivity index (χ4v) is 2.35. The molecule has 0 aliphatic heterocycles. The zero-order chi connectivity index (χ0) is 14.8. The summed E-state index contributed by atoms with van der Waals surface area (Å²) in [6.07, 6.45) is 0. The average molecular weight is 272 g/mol. The van der Waals surface area contributed by atoms with Gasteiger partial charge in [0.2, 0.25) is 0 Å². The van der Waals surface area contributed by atoms with Crippen molar-refractivity contribution >= 4 is 0 Å². The minimum absolute atomic E-state index is 0.650. The zero-order valence-electron chi connectivity index (χ0n) is 12.3. The summed E-state index contributed by atoms with van der Waals surface area (Å²) in [6, 6.07) is 13.2. The van der Waals surface area contributed by atoms with Gasteiger partial charge < -0.3 is 14.6 Å². The molecule has 0 radical (unpaired) electrons. The van der Waals surface area contributed by atoms with Crippen molar-refractivity contribution in [3.05, 3.63) is 59.2 Å². The Labute approximate surface area is 119 Å². The predicted molar refractivity (Wildman–Crippen MR) is 79.4 cm³/mol. The third kappa shape index (κ3) is 2.49. The van der Waals surface area contributed by atoms with Crippen LogP contribution in [0.2, 0.25) is 0 Å². The second-order valence-corrected chi connectivity index (χ2v) is 4.96. The van der Waals surface area contributed by atoms with Crippen LogP contribution in [0.15, 0.2) is 42.5 Å². The number of aliphatic hydroxyl groups is 1. The fraction of sp³-hybridized carbons (Fsp3) is 0.294. The van der Waals surface area contributed by atoms with E-state index in [2.05, 4.69) is 0 Å². The lowest BCUT2D eigenvalue weighted by Gasteiger charge is -2.27. The van der Waals surface area contributed by atoms with Gasteiger partial charge in [0.05, 0.1) is 14.2 Å². The topological polar surface area (TPSA) is 38.7 Å². The van der Waals surface area contributed by atoms with Crippen molar-refractivity contribution in [2.45, 2.75) is 19.4 Å². The summed E-state index contributed by atoms with van der Waals surface area (Å²) in [6.45, 7) is 3.71. The molecule has 0 spiro atoms. The molecule has 0 aliphatic rings. The van der Waals surface area contributed by atoms with E-state index < -0.39 is 5.60 Å². The third-order valence-corrected chi connectivity index (χ3v) is 3.58. The fourth-order valence-electron chi connectivity index (χ4n) is 2.35. The lowest BCUT2D eigenvalue weighted by Crippen LogP contribution is -2.23. The number of methoxy groups -OCH3 is 2. The van der Waals surface area contributed by atoms with Crippen LogP contribution in [0.25, 0.3) is 0 Å². The summed E-state index contributed by atoms with van der Waals surface area (Å²) in [5, 5.41) is 10.9. The minimum Gasteiger partial charge on any atom is -0.496 e. The van der Waals surface area contributed by atoms with Gasteiger partial charge in [0.25, 0.3) is 0 Å². The first-order chi connectivity index (χ1) is 9.50. The van der Waals surface area contributed by atoms with Crippen molar-refractivity contribution in [2.24, 2.45) is 0 Å². The number of hydrogen-bond acceptors (Lipinski definition) is 3. The van der Waals surface area contributed by atoms with E-state index in [9.17, 15) is 5.11 Å². The Morgan fingerprint density at radius 2 is 1.55 bits per heavy atom. The van der Waals surface area contributed by atoms with E-state index >= 15 is 0 Å². The largest absolute Gasteiger partial charge is 0.496 e. The van der Waals surface area contributed by atoms with Crippen molar-refractivity contribution in [3.63, 3.8) is 0 Å². The Balaban J connectivity index is 2.61. The van der Waals surface area contributed by atoms with Crippen LogP contribution in [0.4, 0.5) is 0 Å². The highest BCUT2D eigenvalue weighted by Crippen LogP contribution is 2.39. The smallest absolute Gasteiger partial charge is 0.125 e. The van der Waals surface area contributed by atoms with E-state index in [1.807, 2.05) is 49.4 Å². The zero-order valence-corrected chi connectivity index (χ0v) is 12.3. The van der Waals surface area contributed by atoms with Crippen molar-refractivity contribution < 1.29 is 14.6 Å². The summed E-state index contributed by atoms with van der Waals surface area (Å²) >= 11 is 0. The molecule has 20 heavy (non-hydrogen) atoms. The maximum Gasteiger partial charge on any atom is 0.125 e. The molecule has 1 atom stereocenters. The molecule has 1 unspecified atom stereocenters.